The van der Waals surface area contributed by atoms with E-state index in [2.05, 4.69) is 30.1 Å². The van der Waals surface area contributed by atoms with Crippen molar-refractivity contribution in [3.8, 4) is 0 Å². The number of hydrogen-bond donors (Lipinski definition) is 1. The zero-order valence-electron chi connectivity index (χ0n) is 13.4. The molecule has 0 aromatic carbocycles. The van der Waals surface area contributed by atoms with Gasteiger partial charge < -0.3 is 15.1 Å². The molecule has 24 heavy (non-hydrogen) atoms. The molecule has 0 unspecified atom stereocenters. The molecule has 1 saturated carbocycles. The van der Waals surface area contributed by atoms with Gasteiger partial charge in [0.25, 0.3) is 0 Å². The Balaban J connectivity index is 1.34. The third-order valence-electron chi connectivity index (χ3n) is 4.43. The Morgan fingerprint density at radius 3 is 2.33 bits per heavy atom. The molecule has 0 spiro atoms. The van der Waals surface area contributed by atoms with Gasteiger partial charge in [0.05, 0.1) is 11.9 Å². The Hall–Kier alpha value is -2.70. The first-order chi connectivity index (χ1) is 11.8. The lowest BCUT2D eigenvalue weighted by molar-refractivity contribution is -0.117. The summed E-state index contributed by atoms with van der Waals surface area (Å²) >= 11 is 0. The molecule has 0 atom stereocenters. The van der Waals surface area contributed by atoms with E-state index in [1.165, 1.54) is 0 Å². The number of carbonyl (C=O) groups is 1. The molecule has 2 fully saturated rings. The van der Waals surface area contributed by atoms with Crippen molar-refractivity contribution in [3.63, 3.8) is 0 Å². The summed E-state index contributed by atoms with van der Waals surface area (Å²) in [6, 6.07) is 5.72. The largest absolute Gasteiger partial charge is 0.367 e. The van der Waals surface area contributed by atoms with Crippen molar-refractivity contribution in [3.05, 3.63) is 36.8 Å². The number of hydrogen-bond acceptors (Lipinski definition) is 6. The van der Waals surface area contributed by atoms with Crippen LogP contribution in [0, 0.1) is 5.92 Å². The Morgan fingerprint density at radius 1 is 1.00 bits per heavy atom. The number of piperazine rings is 1. The van der Waals surface area contributed by atoms with Crippen LogP contribution in [0.1, 0.15) is 12.8 Å². The van der Waals surface area contributed by atoms with E-state index in [1.807, 2.05) is 24.4 Å². The molecule has 124 valence electrons. The number of anilines is 3. The zero-order chi connectivity index (χ0) is 16.4. The molecule has 1 saturated heterocycles. The monoisotopic (exact) mass is 324 g/mol. The van der Waals surface area contributed by atoms with Gasteiger partial charge in [-0.25, -0.2) is 15.0 Å². The average molecular weight is 324 g/mol. The standard InChI is InChI=1S/C17H20N6O/c24-16(13-2-3-13)21-15-5-4-14(12-20-15)22-8-10-23(11-9-22)17-18-6-1-7-19-17/h1,4-7,12-13H,2-3,8-11H2,(H,20,21,24). The smallest absolute Gasteiger partial charge is 0.228 e. The van der Waals surface area contributed by atoms with Crippen molar-refractivity contribution in [1.82, 2.24) is 15.0 Å². The Labute approximate surface area is 140 Å². The first-order valence-electron chi connectivity index (χ1n) is 8.33. The average Bonchev–Trinajstić information content (AvgIpc) is 3.49. The van der Waals surface area contributed by atoms with Gasteiger partial charge in [0.15, 0.2) is 0 Å². The minimum Gasteiger partial charge on any atom is -0.367 e. The molecular weight excluding hydrogens is 304 g/mol. The maximum Gasteiger partial charge on any atom is 0.228 e. The summed E-state index contributed by atoms with van der Waals surface area (Å²) in [6.45, 7) is 3.55. The van der Waals surface area contributed by atoms with E-state index in [0.29, 0.717) is 5.82 Å². The molecule has 1 N–H and O–H groups in total. The van der Waals surface area contributed by atoms with Gasteiger partial charge in [-0.15, -0.1) is 0 Å². The molecule has 0 radical (unpaired) electrons. The van der Waals surface area contributed by atoms with Crippen LogP contribution < -0.4 is 15.1 Å². The highest BCUT2D eigenvalue weighted by atomic mass is 16.2. The minimum absolute atomic E-state index is 0.0896. The van der Waals surface area contributed by atoms with Gasteiger partial charge in [-0.3, -0.25) is 4.79 Å². The lowest BCUT2D eigenvalue weighted by atomic mass is 10.2. The maximum absolute atomic E-state index is 11.8. The molecular formula is C17H20N6O. The second-order valence-corrected chi connectivity index (χ2v) is 6.19. The minimum atomic E-state index is 0.0896. The highest BCUT2D eigenvalue weighted by molar-refractivity contribution is 5.93. The van der Waals surface area contributed by atoms with Crippen LogP contribution in [0.5, 0.6) is 0 Å². The van der Waals surface area contributed by atoms with E-state index >= 15 is 0 Å². The molecule has 2 aromatic heterocycles. The third-order valence-corrected chi connectivity index (χ3v) is 4.43. The van der Waals surface area contributed by atoms with E-state index in [4.69, 9.17) is 0 Å². The highest BCUT2D eigenvalue weighted by Crippen LogP contribution is 2.30. The van der Waals surface area contributed by atoms with Crippen LogP contribution in [0.25, 0.3) is 0 Å². The molecule has 4 rings (SSSR count). The first kappa shape index (κ1) is 14.9. The second-order valence-electron chi connectivity index (χ2n) is 6.19. The van der Waals surface area contributed by atoms with Gasteiger partial charge in [0.1, 0.15) is 5.82 Å². The van der Waals surface area contributed by atoms with Crippen molar-refractivity contribution in [1.29, 1.82) is 0 Å². The fourth-order valence-corrected chi connectivity index (χ4v) is 2.84. The fraction of sp³-hybridized carbons (Fsp3) is 0.412. The predicted molar refractivity (Wildman–Crippen MR) is 92.0 cm³/mol. The molecule has 1 aliphatic heterocycles. The number of nitrogens with zero attached hydrogens (tertiary/aromatic N) is 5. The van der Waals surface area contributed by atoms with Gasteiger partial charge >= 0.3 is 0 Å². The Bertz CT molecular complexity index is 693. The third kappa shape index (κ3) is 3.29. The quantitative estimate of drug-likeness (QED) is 0.920. The van der Waals surface area contributed by atoms with E-state index in [0.717, 1.165) is 50.7 Å². The summed E-state index contributed by atoms with van der Waals surface area (Å²) in [6.07, 6.45) is 7.37. The van der Waals surface area contributed by atoms with Gasteiger partial charge in [0, 0.05) is 44.5 Å². The van der Waals surface area contributed by atoms with Gasteiger partial charge in [-0.05, 0) is 31.0 Å². The van der Waals surface area contributed by atoms with Crippen LogP contribution in [0.4, 0.5) is 17.5 Å². The van der Waals surface area contributed by atoms with Gasteiger partial charge in [0.2, 0.25) is 11.9 Å². The summed E-state index contributed by atoms with van der Waals surface area (Å²) in [5.41, 5.74) is 1.08. The van der Waals surface area contributed by atoms with Crippen molar-refractivity contribution in [2.24, 2.45) is 5.92 Å². The van der Waals surface area contributed by atoms with Crippen molar-refractivity contribution in [2.45, 2.75) is 12.8 Å². The predicted octanol–water partition coefficient (Wildman–Crippen LogP) is 1.55. The lowest BCUT2D eigenvalue weighted by Gasteiger charge is -2.35. The van der Waals surface area contributed by atoms with Crippen LogP contribution in [0.15, 0.2) is 36.8 Å². The molecule has 3 heterocycles. The molecule has 1 amide bonds. The SMILES string of the molecule is O=C(Nc1ccc(N2CCN(c3ncccn3)CC2)cn1)C1CC1. The fourth-order valence-electron chi connectivity index (χ4n) is 2.84. The number of pyridine rings is 1. The maximum atomic E-state index is 11.8. The lowest BCUT2D eigenvalue weighted by Crippen LogP contribution is -2.47. The normalized spacial score (nSPS) is 17.7. The second kappa shape index (κ2) is 6.43. The van der Waals surface area contributed by atoms with E-state index < -0.39 is 0 Å². The summed E-state index contributed by atoms with van der Waals surface area (Å²) in [7, 11) is 0. The summed E-state index contributed by atoms with van der Waals surface area (Å²) < 4.78 is 0. The number of aromatic nitrogens is 3. The molecule has 7 heteroatoms. The van der Waals surface area contributed by atoms with E-state index in [-0.39, 0.29) is 11.8 Å². The Morgan fingerprint density at radius 2 is 1.71 bits per heavy atom. The van der Waals surface area contributed by atoms with Crippen LogP contribution in [0.3, 0.4) is 0 Å². The molecule has 2 aliphatic rings. The Kier molecular flexibility index (Phi) is 3.98. The van der Waals surface area contributed by atoms with Gasteiger partial charge in [-0.1, -0.05) is 0 Å². The van der Waals surface area contributed by atoms with Gasteiger partial charge in [-0.2, -0.15) is 0 Å². The van der Waals surface area contributed by atoms with Crippen molar-refractivity contribution in [2.75, 3.05) is 41.3 Å². The van der Waals surface area contributed by atoms with E-state index in [9.17, 15) is 4.79 Å². The number of amides is 1. The summed E-state index contributed by atoms with van der Waals surface area (Å²) in [5.74, 6) is 1.70. The van der Waals surface area contributed by atoms with Crippen molar-refractivity contribution < 1.29 is 4.79 Å². The molecule has 1 aliphatic carbocycles. The van der Waals surface area contributed by atoms with E-state index in [1.54, 1.807) is 12.4 Å². The topological polar surface area (TPSA) is 74.2 Å². The highest BCUT2D eigenvalue weighted by Gasteiger charge is 2.29. The summed E-state index contributed by atoms with van der Waals surface area (Å²) in [5, 5.41) is 2.87. The molecule has 2 aromatic rings. The van der Waals surface area contributed by atoms with Crippen LogP contribution in [0.2, 0.25) is 0 Å². The van der Waals surface area contributed by atoms with Crippen LogP contribution in [-0.2, 0) is 4.79 Å². The van der Waals surface area contributed by atoms with Crippen LogP contribution >= 0.6 is 0 Å². The first-order valence-corrected chi connectivity index (χ1v) is 8.33. The number of rotatable bonds is 4. The van der Waals surface area contributed by atoms with Crippen LogP contribution in [-0.4, -0.2) is 47.0 Å². The summed E-state index contributed by atoms with van der Waals surface area (Å²) in [4.78, 5) is 29.2. The number of carbonyl (C=O) groups excluding carboxylic acids is 1. The zero-order valence-corrected chi connectivity index (χ0v) is 13.4. The number of nitrogens with one attached hydrogen (secondary N) is 1. The van der Waals surface area contributed by atoms with Crippen molar-refractivity contribution >= 4 is 23.4 Å². The molecule has 0 bridgehead atoms. The molecule has 7 nitrogen and oxygen atoms in total.